The molecule has 2 aliphatic rings. The maximum atomic E-state index is 13.5. The van der Waals surface area contributed by atoms with E-state index in [1.54, 1.807) is 24.0 Å². The molecule has 3 rings (SSSR count). The van der Waals surface area contributed by atoms with Gasteiger partial charge in [-0.2, -0.15) is 0 Å². The maximum absolute atomic E-state index is 13.5. The molecule has 7 heteroatoms. The molecule has 0 aromatic heterocycles. The molecule has 0 unspecified atom stereocenters. The van der Waals surface area contributed by atoms with Crippen molar-refractivity contribution in [2.45, 2.75) is 45.1 Å². The number of ether oxygens (including phenoxy) is 1. The van der Waals surface area contributed by atoms with Crippen LogP contribution < -0.4 is 5.32 Å². The summed E-state index contributed by atoms with van der Waals surface area (Å²) in [6, 6.07) is 4.58. The summed E-state index contributed by atoms with van der Waals surface area (Å²) >= 11 is 0. The highest BCUT2D eigenvalue weighted by atomic mass is 19.1. The van der Waals surface area contributed by atoms with Crippen LogP contribution in [0.1, 0.15) is 37.7 Å². The van der Waals surface area contributed by atoms with E-state index < -0.39 is 30.2 Å². The topological polar surface area (TPSA) is 75.7 Å². The quantitative estimate of drug-likeness (QED) is 0.816. The molecule has 1 aromatic carbocycles. The van der Waals surface area contributed by atoms with Gasteiger partial charge in [-0.1, -0.05) is 18.9 Å². The second-order valence-corrected chi connectivity index (χ2v) is 7.01. The molecule has 2 fully saturated rings. The maximum Gasteiger partial charge on any atom is 0.311 e. The van der Waals surface area contributed by atoms with Crippen LogP contribution in [0.2, 0.25) is 0 Å². The molecule has 6 nitrogen and oxygen atoms in total. The first-order valence-corrected chi connectivity index (χ1v) is 8.96. The van der Waals surface area contributed by atoms with Gasteiger partial charge in [-0.25, -0.2) is 4.39 Å². The number of nitrogens with one attached hydrogen (secondary N) is 1. The van der Waals surface area contributed by atoms with Crippen LogP contribution in [-0.4, -0.2) is 41.9 Å². The number of benzene rings is 1. The Hall–Kier alpha value is -2.44. The minimum absolute atomic E-state index is 0.0153. The van der Waals surface area contributed by atoms with Crippen molar-refractivity contribution in [2.75, 3.05) is 18.5 Å². The summed E-state index contributed by atoms with van der Waals surface area (Å²) in [5, 5.41) is 2.48. The van der Waals surface area contributed by atoms with E-state index in [4.69, 9.17) is 4.74 Å². The zero-order valence-electron chi connectivity index (χ0n) is 14.8. The van der Waals surface area contributed by atoms with Crippen molar-refractivity contribution in [3.05, 3.63) is 29.6 Å². The van der Waals surface area contributed by atoms with Crippen LogP contribution in [0.25, 0.3) is 0 Å². The lowest BCUT2D eigenvalue weighted by atomic mass is 10.1. The molecule has 0 radical (unpaired) electrons. The molecule has 26 heavy (non-hydrogen) atoms. The van der Waals surface area contributed by atoms with Crippen molar-refractivity contribution < 1.29 is 23.5 Å². The molecular formula is C19H23FN2O4. The molecule has 0 bridgehead atoms. The van der Waals surface area contributed by atoms with Gasteiger partial charge in [-0.3, -0.25) is 14.4 Å². The second-order valence-electron chi connectivity index (χ2n) is 7.01. The lowest BCUT2D eigenvalue weighted by Gasteiger charge is -2.23. The standard InChI is InChI=1S/C19H23FN2O4/c1-12-6-7-14(9-16(12)20)21-17(23)11-26-19(25)13-8-18(24)22(10-13)15-4-2-3-5-15/h6-7,9,13,15H,2-5,8,10-11H2,1H3,(H,21,23)/t13-/m1/s1. The first-order chi connectivity index (χ1) is 12.4. The monoisotopic (exact) mass is 362 g/mol. The van der Waals surface area contributed by atoms with Crippen LogP contribution in [0.3, 0.4) is 0 Å². The van der Waals surface area contributed by atoms with Crippen LogP contribution in [0, 0.1) is 18.7 Å². The average molecular weight is 362 g/mol. The Bertz CT molecular complexity index is 715. The Labute approximate surface area is 151 Å². The highest BCUT2D eigenvalue weighted by molar-refractivity contribution is 5.93. The number of hydrogen-bond acceptors (Lipinski definition) is 4. The van der Waals surface area contributed by atoms with Gasteiger partial charge in [0.2, 0.25) is 5.91 Å². The van der Waals surface area contributed by atoms with Gasteiger partial charge in [-0.05, 0) is 37.5 Å². The zero-order chi connectivity index (χ0) is 18.7. The normalized spacial score (nSPS) is 20.5. The molecule has 2 amide bonds. The Morgan fingerprint density at radius 3 is 2.73 bits per heavy atom. The average Bonchev–Trinajstić information content (AvgIpc) is 3.25. The van der Waals surface area contributed by atoms with Crippen LogP contribution in [0.5, 0.6) is 0 Å². The number of carbonyl (C=O) groups is 3. The van der Waals surface area contributed by atoms with Crippen LogP contribution in [0.4, 0.5) is 10.1 Å². The SMILES string of the molecule is Cc1ccc(NC(=O)COC(=O)[C@@H]2CC(=O)N(C3CCCC3)C2)cc1F. The highest BCUT2D eigenvalue weighted by Crippen LogP contribution is 2.29. The van der Waals surface area contributed by atoms with E-state index >= 15 is 0 Å². The Kier molecular flexibility index (Phi) is 5.54. The largest absolute Gasteiger partial charge is 0.455 e. The van der Waals surface area contributed by atoms with Gasteiger partial charge >= 0.3 is 5.97 Å². The number of hydrogen-bond donors (Lipinski definition) is 1. The van der Waals surface area contributed by atoms with Gasteiger partial charge in [0.15, 0.2) is 6.61 Å². The molecular weight excluding hydrogens is 339 g/mol. The van der Waals surface area contributed by atoms with Gasteiger partial charge in [0, 0.05) is 24.7 Å². The molecule has 1 heterocycles. The Morgan fingerprint density at radius 2 is 2.04 bits per heavy atom. The second kappa shape index (κ2) is 7.85. The molecule has 140 valence electrons. The number of likely N-dealkylation sites (tertiary alicyclic amines) is 1. The van der Waals surface area contributed by atoms with Crippen molar-refractivity contribution in [1.29, 1.82) is 0 Å². The number of anilines is 1. The van der Waals surface area contributed by atoms with Gasteiger partial charge in [0.25, 0.3) is 5.91 Å². The Balaban J connectivity index is 1.46. The van der Waals surface area contributed by atoms with Crippen LogP contribution >= 0.6 is 0 Å². The summed E-state index contributed by atoms with van der Waals surface area (Å²) in [5.41, 5.74) is 0.782. The molecule has 0 spiro atoms. The molecule has 1 aliphatic carbocycles. The van der Waals surface area contributed by atoms with E-state index in [-0.39, 0.29) is 18.4 Å². The van der Waals surface area contributed by atoms with E-state index in [0.717, 1.165) is 25.7 Å². The lowest BCUT2D eigenvalue weighted by molar-refractivity contribution is -0.151. The molecule has 1 aromatic rings. The predicted molar refractivity (Wildman–Crippen MR) is 92.8 cm³/mol. The highest BCUT2D eigenvalue weighted by Gasteiger charge is 2.39. The Morgan fingerprint density at radius 1 is 1.31 bits per heavy atom. The molecule has 1 aliphatic heterocycles. The van der Waals surface area contributed by atoms with E-state index in [9.17, 15) is 18.8 Å². The molecule has 1 N–H and O–H groups in total. The van der Waals surface area contributed by atoms with Crippen LogP contribution in [-0.2, 0) is 19.1 Å². The van der Waals surface area contributed by atoms with Gasteiger partial charge in [-0.15, -0.1) is 0 Å². The third-order valence-corrected chi connectivity index (χ3v) is 5.06. The van der Waals surface area contributed by atoms with Gasteiger partial charge in [0.1, 0.15) is 5.82 Å². The van der Waals surface area contributed by atoms with E-state index in [1.807, 2.05) is 0 Å². The zero-order valence-corrected chi connectivity index (χ0v) is 14.8. The third kappa shape index (κ3) is 4.20. The minimum atomic E-state index is -0.543. The fraction of sp³-hybridized carbons (Fsp3) is 0.526. The number of esters is 1. The lowest BCUT2D eigenvalue weighted by Crippen LogP contribution is -2.35. The number of carbonyl (C=O) groups excluding carboxylic acids is 3. The van der Waals surface area contributed by atoms with Gasteiger partial charge < -0.3 is 15.0 Å². The first-order valence-electron chi connectivity index (χ1n) is 8.96. The van der Waals surface area contributed by atoms with Gasteiger partial charge in [0.05, 0.1) is 5.92 Å². The fourth-order valence-corrected chi connectivity index (χ4v) is 3.58. The third-order valence-electron chi connectivity index (χ3n) is 5.06. The molecule has 1 saturated carbocycles. The number of aryl methyl sites for hydroxylation is 1. The summed E-state index contributed by atoms with van der Waals surface area (Å²) in [4.78, 5) is 37.9. The van der Waals surface area contributed by atoms with Crippen molar-refractivity contribution in [3.63, 3.8) is 0 Å². The van der Waals surface area contributed by atoms with E-state index in [1.165, 1.54) is 6.07 Å². The summed E-state index contributed by atoms with van der Waals surface area (Å²) in [5.74, 6) is -2.04. The summed E-state index contributed by atoms with van der Waals surface area (Å²) in [6.45, 7) is 1.54. The van der Waals surface area contributed by atoms with Crippen molar-refractivity contribution in [3.8, 4) is 0 Å². The number of amides is 2. The predicted octanol–water partition coefficient (Wildman–Crippen LogP) is 2.41. The molecule has 1 atom stereocenters. The fourth-order valence-electron chi connectivity index (χ4n) is 3.58. The number of rotatable bonds is 5. The number of halogens is 1. The summed E-state index contributed by atoms with van der Waals surface area (Å²) in [7, 11) is 0. The number of nitrogens with zero attached hydrogens (tertiary/aromatic N) is 1. The smallest absolute Gasteiger partial charge is 0.311 e. The van der Waals surface area contributed by atoms with Crippen molar-refractivity contribution in [1.82, 2.24) is 4.90 Å². The summed E-state index contributed by atoms with van der Waals surface area (Å²) < 4.78 is 18.5. The van der Waals surface area contributed by atoms with E-state index in [2.05, 4.69) is 5.32 Å². The molecule has 1 saturated heterocycles. The van der Waals surface area contributed by atoms with Crippen LogP contribution in [0.15, 0.2) is 18.2 Å². The summed E-state index contributed by atoms with van der Waals surface area (Å²) in [6.07, 6.45) is 4.35. The van der Waals surface area contributed by atoms with Crippen molar-refractivity contribution in [2.24, 2.45) is 5.92 Å². The van der Waals surface area contributed by atoms with Crippen molar-refractivity contribution >= 4 is 23.5 Å². The van der Waals surface area contributed by atoms with E-state index in [0.29, 0.717) is 17.8 Å². The minimum Gasteiger partial charge on any atom is -0.455 e. The first kappa shape index (κ1) is 18.4.